The van der Waals surface area contributed by atoms with Crippen molar-refractivity contribution >= 4 is 0 Å². The van der Waals surface area contributed by atoms with E-state index in [2.05, 4.69) is 0 Å². The Bertz CT molecular complexity index is 138. The topological polar surface area (TPSA) is 101 Å². The van der Waals surface area contributed by atoms with Crippen molar-refractivity contribution in [3.63, 3.8) is 0 Å². The maximum atomic E-state index is 9.31. The lowest BCUT2D eigenvalue weighted by molar-refractivity contribution is -0.124. The molecule has 0 saturated heterocycles. The second-order valence-electron chi connectivity index (χ2n) is 3.47. The van der Waals surface area contributed by atoms with Gasteiger partial charge in [-0.15, -0.1) is 0 Å². The van der Waals surface area contributed by atoms with E-state index in [0.717, 1.165) is 0 Å². The summed E-state index contributed by atoms with van der Waals surface area (Å²) in [6.07, 6.45) is -5.51. The summed E-state index contributed by atoms with van der Waals surface area (Å²) in [4.78, 5) is 0. The van der Waals surface area contributed by atoms with E-state index < -0.39 is 31.0 Å². The Hall–Kier alpha value is -0.200. The fourth-order valence-electron chi connectivity index (χ4n) is 0.932. The Morgan fingerprint density at radius 2 is 1.31 bits per heavy atom. The monoisotopic (exact) mass is 194 g/mol. The molecular formula is C8H18O5. The molecule has 0 aromatic carbocycles. The van der Waals surface area contributed by atoms with Gasteiger partial charge in [0.2, 0.25) is 0 Å². The highest BCUT2D eigenvalue weighted by molar-refractivity contribution is 4.81. The van der Waals surface area contributed by atoms with E-state index >= 15 is 0 Å². The van der Waals surface area contributed by atoms with Gasteiger partial charge >= 0.3 is 0 Å². The van der Waals surface area contributed by atoms with Gasteiger partial charge in [-0.25, -0.2) is 0 Å². The highest BCUT2D eigenvalue weighted by atomic mass is 16.4. The largest absolute Gasteiger partial charge is 0.394 e. The van der Waals surface area contributed by atoms with Crippen LogP contribution in [0, 0.1) is 5.92 Å². The zero-order valence-electron chi connectivity index (χ0n) is 7.83. The second-order valence-corrected chi connectivity index (χ2v) is 3.47. The molecular weight excluding hydrogens is 176 g/mol. The average molecular weight is 194 g/mol. The van der Waals surface area contributed by atoms with Crippen LogP contribution in [0.1, 0.15) is 13.8 Å². The van der Waals surface area contributed by atoms with Crippen LogP contribution in [0.4, 0.5) is 0 Å². The Morgan fingerprint density at radius 1 is 0.846 bits per heavy atom. The first-order valence-corrected chi connectivity index (χ1v) is 4.25. The molecule has 0 spiro atoms. The number of aliphatic hydroxyl groups excluding tert-OH is 5. The van der Waals surface area contributed by atoms with E-state index in [9.17, 15) is 15.3 Å². The molecule has 0 aliphatic heterocycles. The summed E-state index contributed by atoms with van der Waals surface area (Å²) >= 11 is 0. The quantitative estimate of drug-likeness (QED) is 0.351. The molecule has 0 saturated carbocycles. The zero-order valence-corrected chi connectivity index (χ0v) is 7.83. The molecule has 5 nitrogen and oxygen atoms in total. The third-order valence-electron chi connectivity index (χ3n) is 1.96. The van der Waals surface area contributed by atoms with Gasteiger partial charge in [0.1, 0.15) is 18.3 Å². The summed E-state index contributed by atoms with van der Waals surface area (Å²) in [6, 6.07) is 0. The van der Waals surface area contributed by atoms with E-state index in [1.807, 2.05) is 0 Å². The molecule has 5 N–H and O–H groups in total. The number of aliphatic hydroxyl groups is 5. The van der Waals surface area contributed by atoms with Crippen molar-refractivity contribution in [2.24, 2.45) is 5.92 Å². The first-order valence-electron chi connectivity index (χ1n) is 4.25. The van der Waals surface area contributed by atoms with Crippen LogP contribution < -0.4 is 0 Å². The fourth-order valence-corrected chi connectivity index (χ4v) is 0.932. The summed E-state index contributed by atoms with van der Waals surface area (Å²) in [5.74, 6) is -0.226. The van der Waals surface area contributed by atoms with E-state index in [1.54, 1.807) is 13.8 Å². The third-order valence-corrected chi connectivity index (χ3v) is 1.96. The van der Waals surface area contributed by atoms with Gasteiger partial charge in [-0.3, -0.25) is 0 Å². The molecule has 80 valence electrons. The van der Waals surface area contributed by atoms with Gasteiger partial charge in [-0.1, -0.05) is 13.8 Å². The molecule has 0 radical (unpaired) electrons. The maximum absolute atomic E-state index is 9.31. The standard InChI is InChI=1S/C8H18O5/c1-4(2)6(11)8(13)7(12)5(10)3-9/h4-13H,3H2,1-2H3/t5-,6+,7-,8-/m1/s1. The van der Waals surface area contributed by atoms with Gasteiger partial charge in [0, 0.05) is 0 Å². The van der Waals surface area contributed by atoms with Crippen LogP contribution in [-0.2, 0) is 0 Å². The van der Waals surface area contributed by atoms with Crippen molar-refractivity contribution in [2.45, 2.75) is 38.3 Å². The normalized spacial score (nSPS) is 21.2. The Kier molecular flexibility index (Phi) is 5.43. The van der Waals surface area contributed by atoms with Crippen LogP contribution in [0.3, 0.4) is 0 Å². The number of hydrogen-bond acceptors (Lipinski definition) is 5. The second kappa shape index (κ2) is 5.51. The SMILES string of the molecule is CC(C)[C@H](O)[C@@H](O)[C@H](O)[C@H](O)CO. The molecule has 0 amide bonds. The van der Waals surface area contributed by atoms with Gasteiger partial charge in [-0.05, 0) is 5.92 Å². The van der Waals surface area contributed by atoms with E-state index in [1.165, 1.54) is 0 Å². The van der Waals surface area contributed by atoms with Crippen LogP contribution in [0.15, 0.2) is 0 Å². The Labute approximate surface area is 77.3 Å². The first-order chi connectivity index (χ1) is 5.91. The van der Waals surface area contributed by atoms with Crippen LogP contribution in [-0.4, -0.2) is 56.6 Å². The highest BCUT2D eigenvalue weighted by Crippen LogP contribution is 2.11. The van der Waals surface area contributed by atoms with Crippen LogP contribution in [0.2, 0.25) is 0 Å². The van der Waals surface area contributed by atoms with E-state index in [4.69, 9.17) is 10.2 Å². The summed E-state index contributed by atoms with van der Waals surface area (Å²) in [7, 11) is 0. The van der Waals surface area contributed by atoms with E-state index in [0.29, 0.717) is 0 Å². The first kappa shape index (κ1) is 12.8. The van der Waals surface area contributed by atoms with Gasteiger partial charge in [0.15, 0.2) is 0 Å². The summed E-state index contributed by atoms with van der Waals surface area (Å²) in [5.41, 5.74) is 0. The van der Waals surface area contributed by atoms with Crippen LogP contribution in [0.5, 0.6) is 0 Å². The molecule has 0 aromatic heterocycles. The van der Waals surface area contributed by atoms with Crippen LogP contribution >= 0.6 is 0 Å². The lowest BCUT2D eigenvalue weighted by Crippen LogP contribution is -2.47. The van der Waals surface area contributed by atoms with Crippen molar-refractivity contribution < 1.29 is 25.5 Å². The minimum absolute atomic E-state index is 0.226. The third kappa shape index (κ3) is 3.58. The lowest BCUT2D eigenvalue weighted by Gasteiger charge is -2.27. The molecule has 0 bridgehead atoms. The molecule has 0 heterocycles. The number of hydrogen-bond donors (Lipinski definition) is 5. The molecule has 4 atom stereocenters. The molecule has 0 aliphatic rings. The van der Waals surface area contributed by atoms with Gasteiger partial charge in [0.05, 0.1) is 12.7 Å². The van der Waals surface area contributed by atoms with Crippen LogP contribution in [0.25, 0.3) is 0 Å². The lowest BCUT2D eigenvalue weighted by atomic mass is 9.95. The molecule has 5 heteroatoms. The fraction of sp³-hybridized carbons (Fsp3) is 1.00. The molecule has 0 unspecified atom stereocenters. The zero-order chi connectivity index (χ0) is 10.6. The van der Waals surface area contributed by atoms with Crippen molar-refractivity contribution in [3.8, 4) is 0 Å². The van der Waals surface area contributed by atoms with Crippen molar-refractivity contribution in [2.75, 3.05) is 6.61 Å². The minimum Gasteiger partial charge on any atom is -0.394 e. The van der Waals surface area contributed by atoms with Gasteiger partial charge in [0.25, 0.3) is 0 Å². The van der Waals surface area contributed by atoms with Crippen molar-refractivity contribution in [1.82, 2.24) is 0 Å². The Balaban J connectivity index is 4.15. The molecule has 0 rings (SSSR count). The summed E-state index contributed by atoms with van der Waals surface area (Å²) < 4.78 is 0. The maximum Gasteiger partial charge on any atom is 0.110 e. The molecule has 13 heavy (non-hydrogen) atoms. The molecule has 0 aliphatic carbocycles. The predicted molar refractivity (Wildman–Crippen MR) is 46.0 cm³/mol. The van der Waals surface area contributed by atoms with E-state index in [-0.39, 0.29) is 5.92 Å². The van der Waals surface area contributed by atoms with Crippen molar-refractivity contribution in [1.29, 1.82) is 0 Å². The smallest absolute Gasteiger partial charge is 0.110 e. The molecule has 0 fully saturated rings. The number of rotatable bonds is 5. The average Bonchev–Trinajstić information content (AvgIpc) is 2.12. The van der Waals surface area contributed by atoms with Gasteiger partial charge in [-0.2, -0.15) is 0 Å². The minimum atomic E-state index is -1.53. The van der Waals surface area contributed by atoms with Crippen molar-refractivity contribution in [3.05, 3.63) is 0 Å². The predicted octanol–water partition coefficient (Wildman–Crippen LogP) is -1.92. The summed E-state index contributed by atoms with van der Waals surface area (Å²) in [5, 5.41) is 45.2. The van der Waals surface area contributed by atoms with Gasteiger partial charge < -0.3 is 25.5 Å². The highest BCUT2D eigenvalue weighted by Gasteiger charge is 2.31. The Morgan fingerprint density at radius 3 is 1.62 bits per heavy atom. The summed E-state index contributed by atoms with van der Waals surface area (Å²) in [6.45, 7) is 2.70. The molecule has 0 aromatic rings.